The van der Waals surface area contributed by atoms with Crippen LogP contribution in [0.15, 0.2) is 54.6 Å². The van der Waals surface area contributed by atoms with Gasteiger partial charge >= 0.3 is 0 Å². The zero-order chi connectivity index (χ0) is 18.2. The Morgan fingerprint density at radius 2 is 1.70 bits per heavy atom. The molecule has 134 valence electrons. The third-order valence-electron chi connectivity index (χ3n) is 4.81. The average molecular weight is 392 g/mol. The lowest BCUT2D eigenvalue weighted by molar-refractivity contribution is -0.126. The average Bonchev–Trinajstić information content (AvgIpc) is 3.42. The molecule has 1 atom stereocenters. The van der Waals surface area contributed by atoms with Crippen LogP contribution in [0.2, 0.25) is 0 Å². The molecule has 5 rings (SSSR count). The third-order valence-corrected chi connectivity index (χ3v) is 6.95. The number of hydrogen-bond donors (Lipinski definition) is 0. The van der Waals surface area contributed by atoms with Crippen molar-refractivity contribution in [1.82, 2.24) is 14.9 Å². The third kappa shape index (κ3) is 3.15. The van der Waals surface area contributed by atoms with Gasteiger partial charge in [0.05, 0.1) is 26.5 Å². The molecule has 1 saturated heterocycles. The molecular weight excluding hydrogens is 374 g/mol. The van der Waals surface area contributed by atoms with Gasteiger partial charge in [0.2, 0.25) is 5.91 Å². The first-order valence-corrected chi connectivity index (χ1v) is 10.6. The van der Waals surface area contributed by atoms with E-state index in [2.05, 4.69) is 17.1 Å². The lowest BCUT2D eigenvalue weighted by Crippen LogP contribution is -2.28. The topological polar surface area (TPSA) is 46.1 Å². The Hall–Kier alpha value is -2.57. The van der Waals surface area contributed by atoms with Crippen LogP contribution in [-0.4, -0.2) is 27.3 Å². The second kappa shape index (κ2) is 6.87. The van der Waals surface area contributed by atoms with Crippen LogP contribution in [0.4, 0.5) is 0 Å². The molecule has 4 nitrogen and oxygen atoms in total. The Bertz CT molecular complexity index is 1090. The number of fused-ring (bicyclic) bond motifs is 2. The van der Waals surface area contributed by atoms with Gasteiger partial charge in [0, 0.05) is 12.6 Å². The Morgan fingerprint density at radius 3 is 2.44 bits per heavy atom. The maximum Gasteiger partial charge on any atom is 0.247 e. The first-order valence-electron chi connectivity index (χ1n) is 8.98. The summed E-state index contributed by atoms with van der Waals surface area (Å²) in [6.45, 7) is 0.781. The number of thiazole rings is 2. The number of para-hydroxylation sites is 2. The Kier molecular flexibility index (Phi) is 4.22. The van der Waals surface area contributed by atoms with E-state index in [4.69, 9.17) is 4.98 Å². The summed E-state index contributed by atoms with van der Waals surface area (Å²) in [4.78, 5) is 24.1. The van der Waals surface area contributed by atoms with Gasteiger partial charge in [-0.3, -0.25) is 4.79 Å². The normalized spacial score (nSPS) is 17.5. The fraction of sp³-hybridized carbons (Fsp3) is 0.190. The van der Waals surface area contributed by atoms with Crippen molar-refractivity contribution in [2.24, 2.45) is 0 Å². The maximum absolute atomic E-state index is 12.8. The largest absolute Gasteiger partial charge is 0.330 e. The number of hydrogen-bond acceptors (Lipinski definition) is 5. The van der Waals surface area contributed by atoms with Gasteiger partial charge in [0.25, 0.3) is 0 Å². The molecule has 2 aromatic heterocycles. The van der Waals surface area contributed by atoms with Gasteiger partial charge in [0.1, 0.15) is 10.0 Å². The number of nitrogens with zero attached hydrogens (tertiary/aromatic N) is 3. The molecule has 0 saturated carbocycles. The monoisotopic (exact) mass is 391 g/mol. The summed E-state index contributed by atoms with van der Waals surface area (Å²) >= 11 is 3.30. The highest BCUT2D eigenvalue weighted by atomic mass is 32.1. The lowest BCUT2D eigenvalue weighted by Gasteiger charge is -2.21. The van der Waals surface area contributed by atoms with Gasteiger partial charge < -0.3 is 4.90 Å². The molecule has 2 aromatic carbocycles. The molecule has 0 spiro atoms. The van der Waals surface area contributed by atoms with Crippen molar-refractivity contribution in [1.29, 1.82) is 0 Å². The van der Waals surface area contributed by atoms with Crippen molar-refractivity contribution >= 4 is 55.1 Å². The summed E-state index contributed by atoms with van der Waals surface area (Å²) in [6.07, 6.45) is 5.48. The number of benzene rings is 2. The minimum Gasteiger partial charge on any atom is -0.330 e. The number of carbonyl (C=O) groups excluding carboxylic acids is 1. The Morgan fingerprint density at radius 1 is 1.00 bits per heavy atom. The van der Waals surface area contributed by atoms with Crippen LogP contribution < -0.4 is 0 Å². The number of aromatic nitrogens is 2. The SMILES string of the molecule is O=C(/C=C/c1nc2ccccc2s1)N1CCC[C@H]1c1nc2ccccc2s1. The van der Waals surface area contributed by atoms with E-state index in [-0.39, 0.29) is 11.9 Å². The molecule has 27 heavy (non-hydrogen) atoms. The molecule has 3 heterocycles. The van der Waals surface area contributed by atoms with Crippen LogP contribution in [0.5, 0.6) is 0 Å². The fourth-order valence-corrected chi connectivity index (χ4v) is 5.50. The molecule has 4 aromatic rings. The van der Waals surface area contributed by atoms with Crippen LogP contribution in [0, 0.1) is 0 Å². The van der Waals surface area contributed by atoms with Crippen LogP contribution in [-0.2, 0) is 4.79 Å². The Labute approximate surface area is 164 Å². The number of rotatable bonds is 3. The highest BCUT2D eigenvalue weighted by Gasteiger charge is 2.31. The number of amides is 1. The standard InChI is InChI=1S/C21H17N3OS2/c25-20(12-11-19-22-14-6-1-3-9-17(14)26-19)24-13-5-8-16(24)21-23-15-7-2-4-10-18(15)27-21/h1-4,6-7,9-12,16H,5,8,13H2/b12-11+/t16-/m0/s1. The van der Waals surface area contributed by atoms with Crippen molar-refractivity contribution in [3.63, 3.8) is 0 Å². The van der Waals surface area contributed by atoms with Crippen molar-refractivity contribution in [2.45, 2.75) is 18.9 Å². The Balaban J connectivity index is 1.38. The molecule has 0 unspecified atom stereocenters. The van der Waals surface area contributed by atoms with E-state index in [0.29, 0.717) is 0 Å². The number of carbonyl (C=O) groups is 1. The van der Waals surface area contributed by atoms with Crippen molar-refractivity contribution in [2.75, 3.05) is 6.54 Å². The summed E-state index contributed by atoms with van der Waals surface area (Å²) < 4.78 is 2.31. The van der Waals surface area contributed by atoms with E-state index < -0.39 is 0 Å². The van der Waals surface area contributed by atoms with Crippen LogP contribution >= 0.6 is 22.7 Å². The van der Waals surface area contributed by atoms with Gasteiger partial charge in [-0.15, -0.1) is 22.7 Å². The molecule has 0 bridgehead atoms. The van der Waals surface area contributed by atoms with Crippen LogP contribution in [0.1, 0.15) is 28.9 Å². The van der Waals surface area contributed by atoms with Crippen LogP contribution in [0.3, 0.4) is 0 Å². The summed E-state index contributed by atoms with van der Waals surface area (Å²) in [6, 6.07) is 16.3. The van der Waals surface area contributed by atoms with E-state index in [0.717, 1.165) is 45.1 Å². The second-order valence-electron chi connectivity index (χ2n) is 6.56. The van der Waals surface area contributed by atoms with Gasteiger partial charge in [-0.2, -0.15) is 0 Å². The van der Waals surface area contributed by atoms with E-state index >= 15 is 0 Å². The molecule has 1 aliphatic heterocycles. The van der Waals surface area contributed by atoms with Gasteiger partial charge in [-0.05, 0) is 43.2 Å². The quantitative estimate of drug-likeness (QED) is 0.446. The minimum absolute atomic E-state index is 0.0380. The van der Waals surface area contributed by atoms with E-state index in [9.17, 15) is 4.79 Å². The first-order chi connectivity index (χ1) is 13.3. The van der Waals surface area contributed by atoms with Gasteiger partial charge in [-0.1, -0.05) is 24.3 Å². The zero-order valence-corrected chi connectivity index (χ0v) is 16.2. The van der Waals surface area contributed by atoms with E-state index in [1.807, 2.05) is 47.4 Å². The minimum atomic E-state index is 0.0380. The number of likely N-dealkylation sites (tertiary alicyclic amines) is 1. The first kappa shape index (κ1) is 16.6. The summed E-state index contributed by atoms with van der Waals surface area (Å²) in [5.74, 6) is 0.0380. The summed E-state index contributed by atoms with van der Waals surface area (Å²) in [7, 11) is 0. The van der Waals surface area contributed by atoms with E-state index in [1.165, 1.54) is 4.70 Å². The molecule has 0 aliphatic carbocycles. The predicted octanol–water partition coefficient (Wildman–Crippen LogP) is 5.28. The fourth-order valence-electron chi connectivity index (χ4n) is 3.52. The maximum atomic E-state index is 12.8. The molecule has 1 fully saturated rings. The zero-order valence-electron chi connectivity index (χ0n) is 14.5. The predicted molar refractivity (Wildman–Crippen MR) is 112 cm³/mol. The smallest absolute Gasteiger partial charge is 0.247 e. The second-order valence-corrected chi connectivity index (χ2v) is 8.69. The van der Waals surface area contributed by atoms with E-state index in [1.54, 1.807) is 28.7 Å². The van der Waals surface area contributed by atoms with Gasteiger partial charge in [0.15, 0.2) is 0 Å². The molecule has 1 aliphatic rings. The van der Waals surface area contributed by atoms with Crippen molar-refractivity contribution < 1.29 is 4.79 Å². The van der Waals surface area contributed by atoms with Gasteiger partial charge in [-0.25, -0.2) is 9.97 Å². The van der Waals surface area contributed by atoms with Crippen molar-refractivity contribution in [3.05, 3.63) is 64.6 Å². The van der Waals surface area contributed by atoms with Crippen molar-refractivity contribution in [3.8, 4) is 0 Å². The lowest BCUT2D eigenvalue weighted by atomic mass is 10.2. The highest BCUT2D eigenvalue weighted by molar-refractivity contribution is 7.19. The summed E-state index contributed by atoms with van der Waals surface area (Å²) in [5.41, 5.74) is 1.99. The molecular formula is C21H17N3OS2. The highest BCUT2D eigenvalue weighted by Crippen LogP contribution is 2.36. The molecule has 0 radical (unpaired) electrons. The summed E-state index contributed by atoms with van der Waals surface area (Å²) in [5, 5.41) is 1.90. The molecule has 1 amide bonds. The van der Waals surface area contributed by atoms with Crippen LogP contribution in [0.25, 0.3) is 26.5 Å². The molecule has 6 heteroatoms. The molecule has 0 N–H and O–H groups in total.